The van der Waals surface area contributed by atoms with Gasteiger partial charge in [-0.25, -0.2) is 0 Å². The minimum atomic E-state index is -0.559. The summed E-state index contributed by atoms with van der Waals surface area (Å²) in [5, 5.41) is 18.1. The van der Waals surface area contributed by atoms with Crippen molar-refractivity contribution in [2.75, 3.05) is 7.11 Å². The van der Waals surface area contributed by atoms with E-state index in [1.54, 1.807) is 32.0 Å². The van der Waals surface area contributed by atoms with Gasteiger partial charge in [-0.05, 0) is 31.5 Å². The van der Waals surface area contributed by atoms with Gasteiger partial charge in [-0.15, -0.1) is 0 Å². The number of hydrogen-bond donors (Lipinski definition) is 1. The highest BCUT2D eigenvalue weighted by atomic mass is 16.5. The second-order valence-electron chi connectivity index (χ2n) is 3.48. The number of benzene rings is 1. The van der Waals surface area contributed by atoms with Crippen molar-refractivity contribution in [3.05, 3.63) is 23.8 Å². The number of methoxy groups -OCH3 is 1. The largest absolute Gasteiger partial charge is 0.493 e. The van der Waals surface area contributed by atoms with Crippen LogP contribution in [0.15, 0.2) is 18.2 Å². The first-order valence-corrected chi connectivity index (χ1v) is 5.00. The summed E-state index contributed by atoms with van der Waals surface area (Å²) < 4.78 is 10.5. The van der Waals surface area contributed by atoms with Crippen LogP contribution in [0.25, 0.3) is 0 Å². The maximum absolute atomic E-state index is 9.41. The molecule has 0 bridgehead atoms. The average Bonchev–Trinajstić information content (AvgIpc) is 2.29. The van der Waals surface area contributed by atoms with E-state index in [0.29, 0.717) is 11.5 Å². The summed E-state index contributed by atoms with van der Waals surface area (Å²) in [5.41, 5.74) is 0.744. The van der Waals surface area contributed by atoms with Crippen LogP contribution in [0.1, 0.15) is 25.5 Å². The minimum absolute atomic E-state index is 0.501. The summed E-state index contributed by atoms with van der Waals surface area (Å²) in [6, 6.07) is 7.11. The molecule has 0 spiro atoms. The molecule has 1 rings (SSSR count). The molecule has 0 amide bonds. The van der Waals surface area contributed by atoms with Crippen LogP contribution in [0.4, 0.5) is 0 Å². The molecule has 2 unspecified atom stereocenters. The Morgan fingerprint density at radius 1 is 1.31 bits per heavy atom. The van der Waals surface area contributed by atoms with Crippen LogP contribution in [0, 0.1) is 11.3 Å². The lowest BCUT2D eigenvalue weighted by atomic mass is 10.1. The first kappa shape index (κ1) is 12.3. The zero-order valence-corrected chi connectivity index (χ0v) is 9.60. The van der Waals surface area contributed by atoms with Crippen LogP contribution in [0.2, 0.25) is 0 Å². The molecule has 0 fully saturated rings. The summed E-state index contributed by atoms with van der Waals surface area (Å²) in [5.74, 6) is 1.02. The van der Waals surface area contributed by atoms with E-state index in [4.69, 9.17) is 14.7 Å². The SMILES string of the molecule is COc1cc(C(C)O)ccc1OC(C)C#N. The van der Waals surface area contributed by atoms with Gasteiger partial charge in [-0.2, -0.15) is 5.26 Å². The average molecular weight is 221 g/mol. The van der Waals surface area contributed by atoms with E-state index in [1.165, 1.54) is 7.11 Å². The maximum Gasteiger partial charge on any atom is 0.181 e. The van der Waals surface area contributed by atoms with Gasteiger partial charge < -0.3 is 14.6 Å². The number of rotatable bonds is 4. The first-order valence-electron chi connectivity index (χ1n) is 5.00. The number of nitriles is 1. The highest BCUT2D eigenvalue weighted by molar-refractivity contribution is 5.43. The molecule has 0 saturated heterocycles. The van der Waals surface area contributed by atoms with Crippen LogP contribution in [0.5, 0.6) is 11.5 Å². The van der Waals surface area contributed by atoms with E-state index in [1.807, 2.05) is 6.07 Å². The Bertz CT molecular complexity index is 396. The van der Waals surface area contributed by atoms with Gasteiger partial charge in [0.25, 0.3) is 0 Å². The van der Waals surface area contributed by atoms with Crippen LogP contribution in [0.3, 0.4) is 0 Å². The molecule has 1 aromatic rings. The van der Waals surface area contributed by atoms with E-state index in [-0.39, 0.29) is 0 Å². The molecule has 1 N–H and O–H groups in total. The zero-order valence-electron chi connectivity index (χ0n) is 9.60. The lowest BCUT2D eigenvalue weighted by Gasteiger charge is -2.14. The van der Waals surface area contributed by atoms with Crippen molar-refractivity contribution in [2.45, 2.75) is 26.1 Å². The normalized spacial score (nSPS) is 13.7. The molecule has 0 heterocycles. The van der Waals surface area contributed by atoms with Gasteiger partial charge in [0, 0.05) is 0 Å². The Morgan fingerprint density at radius 3 is 2.50 bits per heavy atom. The second-order valence-corrected chi connectivity index (χ2v) is 3.48. The predicted octanol–water partition coefficient (Wildman–Crippen LogP) is 2.04. The molecule has 1 aromatic carbocycles. The molecule has 0 aliphatic carbocycles. The molecule has 0 aliphatic heterocycles. The predicted molar refractivity (Wildman–Crippen MR) is 59.3 cm³/mol. The fourth-order valence-electron chi connectivity index (χ4n) is 1.26. The fourth-order valence-corrected chi connectivity index (χ4v) is 1.26. The number of aliphatic hydroxyl groups is 1. The van der Waals surface area contributed by atoms with Crippen molar-refractivity contribution in [2.24, 2.45) is 0 Å². The number of ether oxygens (including phenoxy) is 2. The smallest absolute Gasteiger partial charge is 0.181 e. The number of aliphatic hydroxyl groups excluding tert-OH is 1. The maximum atomic E-state index is 9.41. The summed E-state index contributed by atoms with van der Waals surface area (Å²) in [6.45, 7) is 3.33. The third-order valence-electron chi connectivity index (χ3n) is 2.16. The van der Waals surface area contributed by atoms with Crippen molar-refractivity contribution in [1.82, 2.24) is 0 Å². The molecule has 0 saturated carbocycles. The molecule has 0 radical (unpaired) electrons. The van der Waals surface area contributed by atoms with Crippen LogP contribution in [-0.2, 0) is 0 Å². The highest BCUT2D eigenvalue weighted by Crippen LogP contribution is 2.30. The van der Waals surface area contributed by atoms with E-state index in [0.717, 1.165) is 5.56 Å². The van der Waals surface area contributed by atoms with Crippen molar-refractivity contribution < 1.29 is 14.6 Å². The Hall–Kier alpha value is -1.73. The third-order valence-corrected chi connectivity index (χ3v) is 2.16. The van der Waals surface area contributed by atoms with Gasteiger partial charge in [-0.3, -0.25) is 0 Å². The Balaban J connectivity index is 2.98. The van der Waals surface area contributed by atoms with Gasteiger partial charge in [0.2, 0.25) is 0 Å². The van der Waals surface area contributed by atoms with E-state index < -0.39 is 12.2 Å². The van der Waals surface area contributed by atoms with Crippen molar-refractivity contribution in [3.8, 4) is 17.6 Å². The Labute approximate surface area is 95.0 Å². The lowest BCUT2D eigenvalue weighted by molar-refractivity contribution is 0.198. The van der Waals surface area contributed by atoms with Gasteiger partial charge in [-0.1, -0.05) is 6.07 Å². The monoisotopic (exact) mass is 221 g/mol. The molecule has 2 atom stereocenters. The Kier molecular flexibility index (Phi) is 4.15. The van der Waals surface area contributed by atoms with Gasteiger partial charge >= 0.3 is 0 Å². The molecule has 86 valence electrons. The molecule has 16 heavy (non-hydrogen) atoms. The molecule has 0 aliphatic rings. The summed E-state index contributed by atoms with van der Waals surface area (Å²) in [7, 11) is 1.52. The van der Waals surface area contributed by atoms with E-state index in [9.17, 15) is 5.11 Å². The molecule has 4 heteroatoms. The lowest BCUT2D eigenvalue weighted by Crippen LogP contribution is -2.09. The van der Waals surface area contributed by atoms with Crippen molar-refractivity contribution >= 4 is 0 Å². The Morgan fingerprint density at radius 2 is 2.00 bits per heavy atom. The zero-order chi connectivity index (χ0) is 12.1. The van der Waals surface area contributed by atoms with Crippen molar-refractivity contribution in [1.29, 1.82) is 5.26 Å². The molecule has 0 aromatic heterocycles. The fraction of sp³-hybridized carbons (Fsp3) is 0.417. The van der Waals surface area contributed by atoms with E-state index in [2.05, 4.69) is 0 Å². The quantitative estimate of drug-likeness (QED) is 0.845. The van der Waals surface area contributed by atoms with Crippen LogP contribution >= 0.6 is 0 Å². The summed E-state index contributed by atoms with van der Waals surface area (Å²) in [6.07, 6.45) is -1.09. The van der Waals surface area contributed by atoms with Gasteiger partial charge in [0.1, 0.15) is 6.07 Å². The van der Waals surface area contributed by atoms with Crippen LogP contribution < -0.4 is 9.47 Å². The van der Waals surface area contributed by atoms with E-state index >= 15 is 0 Å². The first-order chi connectivity index (χ1) is 7.58. The second kappa shape index (κ2) is 5.38. The standard InChI is InChI=1S/C12H15NO3/c1-8(7-13)16-11-5-4-10(9(2)14)6-12(11)15-3/h4-6,8-9,14H,1-3H3. The summed E-state index contributed by atoms with van der Waals surface area (Å²) in [4.78, 5) is 0. The molecule has 4 nitrogen and oxygen atoms in total. The van der Waals surface area contributed by atoms with Crippen LogP contribution in [-0.4, -0.2) is 18.3 Å². The molecular weight excluding hydrogens is 206 g/mol. The minimum Gasteiger partial charge on any atom is -0.493 e. The third kappa shape index (κ3) is 2.88. The number of hydrogen-bond acceptors (Lipinski definition) is 4. The topological polar surface area (TPSA) is 62.5 Å². The molecular formula is C12H15NO3. The van der Waals surface area contributed by atoms with Gasteiger partial charge in [0.05, 0.1) is 13.2 Å². The highest BCUT2D eigenvalue weighted by Gasteiger charge is 2.10. The van der Waals surface area contributed by atoms with Crippen molar-refractivity contribution in [3.63, 3.8) is 0 Å². The number of nitrogens with zero attached hydrogens (tertiary/aromatic N) is 1. The summed E-state index contributed by atoms with van der Waals surface area (Å²) >= 11 is 0. The van der Waals surface area contributed by atoms with Gasteiger partial charge in [0.15, 0.2) is 17.6 Å².